The monoisotopic (exact) mass is 276 g/mol. The zero-order valence-electron chi connectivity index (χ0n) is 11.3. The number of hydrogen-bond acceptors (Lipinski definition) is 3. The lowest BCUT2D eigenvalue weighted by molar-refractivity contribution is 0.0885. The number of ether oxygens (including phenoxy) is 1. The van der Waals surface area contributed by atoms with Crippen molar-refractivity contribution in [3.63, 3.8) is 0 Å². The van der Waals surface area contributed by atoms with Gasteiger partial charge in [-0.05, 0) is 31.5 Å². The minimum atomic E-state index is -0.566. The van der Waals surface area contributed by atoms with Gasteiger partial charge in [0.15, 0.2) is 0 Å². The first-order valence-electron chi connectivity index (χ1n) is 6.43. The number of rotatable bonds is 2. The van der Waals surface area contributed by atoms with Crippen LogP contribution in [0, 0.1) is 17.7 Å². The van der Waals surface area contributed by atoms with Crippen molar-refractivity contribution in [3.8, 4) is 11.8 Å². The minimum Gasteiger partial charge on any atom is -0.379 e. The first-order chi connectivity index (χ1) is 9.54. The summed E-state index contributed by atoms with van der Waals surface area (Å²) in [5.41, 5.74) is 5.40. The third-order valence-electron chi connectivity index (χ3n) is 3.18. The lowest BCUT2D eigenvalue weighted by Crippen LogP contribution is -2.46. The standard InChI is InChI=1S/C15H17FN2O2/c1-15(6-8-20-10-15)18-14(19)12-9-11(3-2-7-17)4-5-13(12)16/h4-5,9H,6-8,10,17H2,1H3,(H,18,19). The number of nitrogens with one attached hydrogen (secondary N) is 1. The van der Waals surface area contributed by atoms with E-state index in [0.29, 0.717) is 25.2 Å². The molecule has 1 aliphatic rings. The predicted molar refractivity (Wildman–Crippen MR) is 73.6 cm³/mol. The van der Waals surface area contributed by atoms with Gasteiger partial charge in [0.05, 0.1) is 24.3 Å². The van der Waals surface area contributed by atoms with Gasteiger partial charge in [0.25, 0.3) is 5.91 Å². The van der Waals surface area contributed by atoms with Crippen molar-refractivity contribution in [1.29, 1.82) is 0 Å². The topological polar surface area (TPSA) is 64.4 Å². The van der Waals surface area contributed by atoms with Crippen LogP contribution in [0.2, 0.25) is 0 Å². The molecule has 1 fully saturated rings. The zero-order valence-corrected chi connectivity index (χ0v) is 11.3. The Morgan fingerprint density at radius 2 is 2.40 bits per heavy atom. The van der Waals surface area contributed by atoms with Gasteiger partial charge in [0.2, 0.25) is 0 Å². The smallest absolute Gasteiger partial charge is 0.254 e. The summed E-state index contributed by atoms with van der Waals surface area (Å²) in [7, 11) is 0. The summed E-state index contributed by atoms with van der Waals surface area (Å²) in [6, 6.07) is 4.20. The number of benzene rings is 1. The van der Waals surface area contributed by atoms with Crippen LogP contribution >= 0.6 is 0 Å². The molecule has 1 aliphatic heterocycles. The Morgan fingerprint density at radius 1 is 1.60 bits per heavy atom. The van der Waals surface area contributed by atoms with Crippen molar-refractivity contribution in [3.05, 3.63) is 35.1 Å². The average molecular weight is 276 g/mol. The van der Waals surface area contributed by atoms with Crippen LogP contribution in [-0.2, 0) is 4.74 Å². The zero-order chi connectivity index (χ0) is 14.6. The Hall–Kier alpha value is -1.90. The second-order valence-electron chi connectivity index (χ2n) is 5.02. The second kappa shape index (κ2) is 6.04. The van der Waals surface area contributed by atoms with Crippen LogP contribution in [0.3, 0.4) is 0 Å². The van der Waals surface area contributed by atoms with Gasteiger partial charge in [-0.15, -0.1) is 0 Å². The van der Waals surface area contributed by atoms with E-state index in [4.69, 9.17) is 10.5 Å². The molecule has 20 heavy (non-hydrogen) atoms. The first kappa shape index (κ1) is 14.5. The minimum absolute atomic E-state index is 0.0121. The molecule has 2 rings (SSSR count). The lowest BCUT2D eigenvalue weighted by Gasteiger charge is -2.23. The molecule has 1 saturated heterocycles. The molecule has 0 bridgehead atoms. The summed E-state index contributed by atoms with van der Waals surface area (Å²) in [5.74, 6) is 4.44. The second-order valence-corrected chi connectivity index (χ2v) is 5.02. The van der Waals surface area contributed by atoms with Gasteiger partial charge in [-0.1, -0.05) is 11.8 Å². The molecule has 0 aliphatic carbocycles. The molecule has 106 valence electrons. The third-order valence-corrected chi connectivity index (χ3v) is 3.18. The number of amides is 1. The summed E-state index contributed by atoms with van der Waals surface area (Å²) in [5, 5.41) is 2.82. The highest BCUT2D eigenvalue weighted by Gasteiger charge is 2.32. The van der Waals surface area contributed by atoms with Gasteiger partial charge < -0.3 is 15.8 Å². The maximum atomic E-state index is 13.8. The van der Waals surface area contributed by atoms with E-state index in [1.165, 1.54) is 18.2 Å². The molecule has 0 saturated carbocycles. The van der Waals surface area contributed by atoms with Crippen molar-refractivity contribution < 1.29 is 13.9 Å². The van der Waals surface area contributed by atoms with Crippen LogP contribution in [0.4, 0.5) is 4.39 Å². The highest BCUT2D eigenvalue weighted by Crippen LogP contribution is 2.19. The van der Waals surface area contributed by atoms with E-state index in [1.54, 1.807) is 0 Å². The quantitative estimate of drug-likeness (QED) is 0.793. The molecule has 1 atom stereocenters. The van der Waals surface area contributed by atoms with E-state index in [-0.39, 0.29) is 12.1 Å². The van der Waals surface area contributed by atoms with Gasteiger partial charge in [0, 0.05) is 12.2 Å². The maximum Gasteiger partial charge on any atom is 0.254 e. The fraction of sp³-hybridized carbons (Fsp3) is 0.400. The van der Waals surface area contributed by atoms with Gasteiger partial charge in [-0.25, -0.2) is 4.39 Å². The third kappa shape index (κ3) is 3.35. The summed E-state index contributed by atoms with van der Waals surface area (Å²) in [6.45, 7) is 3.14. The van der Waals surface area contributed by atoms with Crippen LogP contribution < -0.4 is 11.1 Å². The summed E-state index contributed by atoms with van der Waals surface area (Å²) < 4.78 is 19.0. The van der Waals surface area contributed by atoms with E-state index >= 15 is 0 Å². The van der Waals surface area contributed by atoms with Gasteiger partial charge >= 0.3 is 0 Å². The molecule has 1 aromatic rings. The molecule has 1 heterocycles. The van der Waals surface area contributed by atoms with Gasteiger partial charge in [0.1, 0.15) is 5.82 Å². The molecule has 4 nitrogen and oxygen atoms in total. The Morgan fingerprint density at radius 3 is 3.05 bits per heavy atom. The SMILES string of the molecule is CC1(NC(=O)c2cc(C#CCN)ccc2F)CCOC1. The first-order valence-corrected chi connectivity index (χ1v) is 6.43. The Kier molecular flexibility index (Phi) is 4.38. The van der Waals surface area contributed by atoms with Crippen molar-refractivity contribution >= 4 is 5.91 Å². The average Bonchev–Trinajstić information content (AvgIpc) is 2.84. The molecule has 0 aromatic heterocycles. The summed E-state index contributed by atoms with van der Waals surface area (Å²) in [4.78, 5) is 12.2. The van der Waals surface area contributed by atoms with Crippen molar-refractivity contribution in [2.24, 2.45) is 5.73 Å². The Bertz CT molecular complexity index is 569. The summed E-state index contributed by atoms with van der Waals surface area (Å²) in [6.07, 6.45) is 0.715. The molecule has 0 spiro atoms. The molecule has 5 heteroatoms. The highest BCUT2D eigenvalue weighted by molar-refractivity contribution is 5.95. The van der Waals surface area contributed by atoms with Crippen molar-refractivity contribution in [1.82, 2.24) is 5.32 Å². The largest absolute Gasteiger partial charge is 0.379 e. The molecule has 1 aromatic carbocycles. The van der Waals surface area contributed by atoms with E-state index < -0.39 is 17.3 Å². The number of hydrogen-bond donors (Lipinski definition) is 2. The number of carbonyl (C=O) groups is 1. The fourth-order valence-corrected chi connectivity index (χ4v) is 2.04. The van der Waals surface area contributed by atoms with E-state index in [0.717, 1.165) is 0 Å². The van der Waals surface area contributed by atoms with Crippen LogP contribution in [0.1, 0.15) is 29.3 Å². The number of halogens is 1. The number of nitrogens with two attached hydrogens (primary N) is 1. The Labute approximate surface area is 117 Å². The Balaban J connectivity index is 2.20. The van der Waals surface area contributed by atoms with E-state index in [1.807, 2.05) is 6.92 Å². The number of carbonyl (C=O) groups excluding carboxylic acids is 1. The van der Waals surface area contributed by atoms with Crippen LogP contribution in [0.5, 0.6) is 0 Å². The van der Waals surface area contributed by atoms with Crippen molar-refractivity contribution in [2.75, 3.05) is 19.8 Å². The van der Waals surface area contributed by atoms with Crippen LogP contribution in [0.25, 0.3) is 0 Å². The predicted octanol–water partition coefficient (Wildman–Crippen LogP) is 1.04. The van der Waals surface area contributed by atoms with Gasteiger partial charge in [-0.3, -0.25) is 4.79 Å². The molecule has 1 unspecified atom stereocenters. The van der Waals surface area contributed by atoms with E-state index in [2.05, 4.69) is 17.2 Å². The molecule has 1 amide bonds. The van der Waals surface area contributed by atoms with Crippen molar-refractivity contribution in [2.45, 2.75) is 18.9 Å². The molecular weight excluding hydrogens is 259 g/mol. The molecule has 3 N–H and O–H groups in total. The van der Waals surface area contributed by atoms with Crippen LogP contribution in [0.15, 0.2) is 18.2 Å². The van der Waals surface area contributed by atoms with Gasteiger partial charge in [-0.2, -0.15) is 0 Å². The normalized spacial score (nSPS) is 21.1. The van der Waals surface area contributed by atoms with Crippen LogP contribution in [-0.4, -0.2) is 31.2 Å². The van der Waals surface area contributed by atoms with E-state index in [9.17, 15) is 9.18 Å². The fourth-order valence-electron chi connectivity index (χ4n) is 2.04. The summed E-state index contributed by atoms with van der Waals surface area (Å²) >= 11 is 0. The maximum absolute atomic E-state index is 13.8. The highest BCUT2D eigenvalue weighted by atomic mass is 19.1. The molecule has 0 radical (unpaired) electrons. The molecular formula is C15H17FN2O2. The lowest BCUT2D eigenvalue weighted by atomic mass is 10.0.